The van der Waals surface area contributed by atoms with Gasteiger partial charge in [-0.1, -0.05) is 0 Å². The first kappa shape index (κ1) is 43.7. The number of aryl methyl sites for hydroxylation is 4. The summed E-state index contributed by atoms with van der Waals surface area (Å²) in [4.78, 5) is 0. The van der Waals surface area contributed by atoms with Crippen LogP contribution in [0.1, 0.15) is 130 Å². The Kier molecular flexibility index (Phi) is 11.2. The molecule has 9 rings (SSSR count). The summed E-state index contributed by atoms with van der Waals surface area (Å²) in [6.45, 7) is 27.8. The molecular formula is C58H63Cl2SiZr. The van der Waals surface area contributed by atoms with E-state index in [2.05, 4.69) is 198 Å². The zero-order valence-corrected chi connectivity index (χ0v) is 44.3. The van der Waals surface area contributed by atoms with Crippen molar-refractivity contribution < 1.29 is 16.4 Å². The normalized spacial score (nSPS) is 17.7. The van der Waals surface area contributed by atoms with Crippen LogP contribution in [0.25, 0.3) is 45.5 Å². The number of rotatable bonds is 9. The fourth-order valence-electron chi connectivity index (χ4n) is 12.1. The monoisotopic (exact) mass is 947 g/mol. The van der Waals surface area contributed by atoms with Crippen LogP contribution in [0.4, 0.5) is 0 Å². The van der Waals surface area contributed by atoms with E-state index in [0.717, 1.165) is 0 Å². The average molecular weight is 950 g/mol. The summed E-state index contributed by atoms with van der Waals surface area (Å²) in [6.07, 6.45) is 5.13. The molecule has 2 aliphatic carbocycles. The van der Waals surface area contributed by atoms with E-state index in [-0.39, 0.29) is 19.1 Å². The number of halogens is 2. The predicted octanol–water partition coefficient (Wildman–Crippen LogP) is 14.8. The van der Waals surface area contributed by atoms with Crippen LogP contribution in [0, 0.1) is 39.5 Å². The maximum absolute atomic E-state index is 9.51. The van der Waals surface area contributed by atoms with Gasteiger partial charge in [0, 0.05) is 0 Å². The van der Waals surface area contributed by atoms with Gasteiger partial charge in [-0.3, -0.25) is 0 Å². The van der Waals surface area contributed by atoms with Gasteiger partial charge in [0.25, 0.3) is 0 Å². The van der Waals surface area contributed by atoms with E-state index in [4.69, 9.17) is 0 Å². The summed E-state index contributed by atoms with van der Waals surface area (Å²) in [5.74, 6) is 1.16. The first-order chi connectivity index (χ1) is 29.4. The number of hydrogen-bond acceptors (Lipinski definition) is 0. The summed E-state index contributed by atoms with van der Waals surface area (Å²) >= 11 is -5.75. The molecule has 6 aromatic carbocycles. The SMILES string of the molecule is Cc1cc(C)cc(-c2c(C(C)C)ccc3c2C=C(C(C)C)[CH]3[Zr]([Cl])([Cl])([c]2cccc3c2[SiH2]c2ccccc2-3)[CH]2C(C(C)C)=Cc3c2ccc(C(C)C)c3-c2cc(C)cc(C)c2)c1. The van der Waals surface area contributed by atoms with Crippen molar-refractivity contribution in [1.82, 2.24) is 0 Å². The van der Waals surface area contributed by atoms with E-state index in [0.29, 0.717) is 11.8 Å². The molecule has 2 atom stereocenters. The van der Waals surface area contributed by atoms with Crippen LogP contribution in [-0.2, 0) is 16.4 Å². The van der Waals surface area contributed by atoms with Crippen LogP contribution < -0.4 is 13.6 Å². The molecule has 3 aliphatic rings. The Balaban J connectivity index is 1.42. The average Bonchev–Trinajstić information content (AvgIpc) is 3.92. The van der Waals surface area contributed by atoms with Crippen LogP contribution in [0.15, 0.2) is 114 Å². The molecule has 317 valence electrons. The Morgan fingerprint density at radius 1 is 0.484 bits per heavy atom. The molecule has 0 nitrogen and oxygen atoms in total. The van der Waals surface area contributed by atoms with Gasteiger partial charge in [-0.15, -0.1) is 0 Å². The number of hydrogen-bond donors (Lipinski definition) is 0. The minimum absolute atomic E-state index is 0.127. The molecule has 1 heterocycles. The van der Waals surface area contributed by atoms with E-state index < -0.39 is 25.9 Å². The third-order valence-corrected chi connectivity index (χ3v) is 37.2. The van der Waals surface area contributed by atoms with Gasteiger partial charge in [-0.05, 0) is 0 Å². The standard InChI is InChI=1S/2C23H27.C12H9Si.2ClH.Zr/c2*1-14(2)19-12-18-7-8-21(15(3)4)23(22(18)13-19)20-10-16(5)9-17(6)11-20;1-3-7-11-9(5-1)10-6-2-4-8-12(10)13-11;;;/h2*7-15H,1-6H3;1-7H,13H2;2*1H;/q;;;;;+2/p-2. The second-order valence-corrected chi connectivity index (χ2v) is 42.8. The van der Waals surface area contributed by atoms with E-state index in [1.54, 1.807) is 0 Å². The topological polar surface area (TPSA) is 0 Å². The summed E-state index contributed by atoms with van der Waals surface area (Å²) in [5, 5.41) is 2.97. The Labute approximate surface area is 383 Å². The first-order valence-corrected chi connectivity index (χ1v) is 34.9. The molecule has 4 heteroatoms. The summed E-state index contributed by atoms with van der Waals surface area (Å²) in [5.41, 5.74) is 24.0. The van der Waals surface area contributed by atoms with Gasteiger partial charge in [0.15, 0.2) is 0 Å². The summed E-state index contributed by atoms with van der Waals surface area (Å²) in [6, 6.07) is 40.1. The van der Waals surface area contributed by atoms with Gasteiger partial charge in [-0.2, -0.15) is 0 Å². The van der Waals surface area contributed by atoms with Crippen LogP contribution in [0.5, 0.6) is 0 Å². The van der Waals surface area contributed by atoms with E-state index in [9.17, 15) is 17.0 Å². The Morgan fingerprint density at radius 3 is 1.35 bits per heavy atom. The van der Waals surface area contributed by atoms with Crippen LogP contribution in [-0.4, -0.2) is 9.52 Å². The molecule has 0 spiro atoms. The van der Waals surface area contributed by atoms with Crippen molar-refractivity contribution in [2.45, 2.75) is 102 Å². The van der Waals surface area contributed by atoms with Crippen LogP contribution in [0.3, 0.4) is 0 Å². The van der Waals surface area contributed by atoms with Crippen molar-refractivity contribution in [2.75, 3.05) is 0 Å². The van der Waals surface area contributed by atoms with E-state index >= 15 is 0 Å². The molecule has 0 N–H and O–H groups in total. The van der Waals surface area contributed by atoms with Crippen molar-refractivity contribution in [1.29, 1.82) is 0 Å². The van der Waals surface area contributed by atoms with Gasteiger partial charge < -0.3 is 0 Å². The predicted molar refractivity (Wildman–Crippen MR) is 273 cm³/mol. The zero-order chi connectivity index (χ0) is 44.2. The van der Waals surface area contributed by atoms with Crippen molar-refractivity contribution in [2.24, 2.45) is 11.8 Å². The van der Waals surface area contributed by atoms with Crippen molar-refractivity contribution in [3.05, 3.63) is 170 Å². The number of fused-ring (bicyclic) bond motifs is 5. The number of benzene rings is 6. The molecule has 0 aromatic heterocycles. The minimum atomic E-state index is -5.75. The molecular weight excluding hydrogens is 887 g/mol. The fourth-order valence-corrected chi connectivity index (χ4v) is 40.3. The molecule has 2 unspecified atom stereocenters. The third kappa shape index (κ3) is 6.84. The maximum atomic E-state index is 9.51. The van der Waals surface area contributed by atoms with Crippen molar-refractivity contribution in [3.8, 4) is 33.4 Å². The van der Waals surface area contributed by atoms with Gasteiger partial charge in [0.1, 0.15) is 0 Å². The van der Waals surface area contributed by atoms with E-state index in [1.807, 2.05) is 0 Å². The summed E-state index contributed by atoms with van der Waals surface area (Å²) in [7, 11) is 18.1. The first-order valence-electron chi connectivity index (χ1n) is 23.1. The quantitative estimate of drug-likeness (QED) is 0.127. The summed E-state index contributed by atoms with van der Waals surface area (Å²) < 4.78 is 1.04. The van der Waals surface area contributed by atoms with Gasteiger partial charge >= 0.3 is 386 Å². The molecule has 1 aliphatic heterocycles. The molecule has 62 heavy (non-hydrogen) atoms. The molecule has 0 saturated carbocycles. The molecule has 0 amide bonds. The zero-order valence-electron chi connectivity index (χ0n) is 38.9. The van der Waals surface area contributed by atoms with Gasteiger partial charge in [0.2, 0.25) is 0 Å². The van der Waals surface area contributed by atoms with Crippen molar-refractivity contribution >= 4 is 52.3 Å². The molecule has 6 aromatic rings. The second kappa shape index (κ2) is 15.9. The Morgan fingerprint density at radius 2 is 0.919 bits per heavy atom. The van der Waals surface area contributed by atoms with Crippen LogP contribution >= 0.6 is 17.0 Å². The molecule has 0 saturated heterocycles. The van der Waals surface area contributed by atoms with Gasteiger partial charge in [-0.25, -0.2) is 0 Å². The second-order valence-electron chi connectivity index (χ2n) is 20.4. The van der Waals surface area contributed by atoms with E-state index in [1.165, 1.54) is 114 Å². The fraction of sp³-hybridized carbons (Fsp3) is 0.310. The molecule has 0 bridgehead atoms. The Hall–Kier alpha value is -3.52. The van der Waals surface area contributed by atoms with Crippen molar-refractivity contribution in [3.63, 3.8) is 0 Å². The molecule has 0 radical (unpaired) electrons. The van der Waals surface area contributed by atoms with Gasteiger partial charge in [0.05, 0.1) is 0 Å². The number of allylic oxidation sites excluding steroid dienone is 2. The Bertz CT molecular complexity index is 2700. The van der Waals surface area contributed by atoms with Crippen LogP contribution in [0.2, 0.25) is 0 Å². The third-order valence-electron chi connectivity index (χ3n) is 14.6. The molecule has 0 fully saturated rings.